The van der Waals surface area contributed by atoms with Crippen molar-refractivity contribution in [1.29, 1.82) is 0 Å². The number of carbonyl (C=O) groups excluding carboxylic acids is 1. The Hall–Kier alpha value is -2.95. The Labute approximate surface area is 157 Å². The van der Waals surface area contributed by atoms with Crippen molar-refractivity contribution in [2.45, 2.75) is 24.9 Å². The van der Waals surface area contributed by atoms with Crippen molar-refractivity contribution in [1.82, 2.24) is 14.9 Å². The van der Waals surface area contributed by atoms with Crippen molar-refractivity contribution in [3.63, 3.8) is 0 Å². The van der Waals surface area contributed by atoms with Crippen LogP contribution in [0.3, 0.4) is 0 Å². The average molecular weight is 400 g/mol. The molecule has 1 saturated carbocycles. The number of amides is 2. The second kappa shape index (κ2) is 7.23. The number of hydrogen-bond donors (Lipinski definition) is 2. The fourth-order valence-electron chi connectivity index (χ4n) is 2.43. The summed E-state index contributed by atoms with van der Waals surface area (Å²) >= 11 is 0. The molecule has 1 heterocycles. The normalized spacial score (nSPS) is 19.8. The molecule has 1 aliphatic carbocycles. The highest BCUT2D eigenvalue weighted by molar-refractivity contribution is 5.88. The van der Waals surface area contributed by atoms with Crippen LogP contribution in [-0.2, 0) is 0 Å². The molecule has 1 fully saturated rings. The van der Waals surface area contributed by atoms with Gasteiger partial charge in [-0.3, -0.25) is 5.32 Å². The van der Waals surface area contributed by atoms with Gasteiger partial charge in [0, 0.05) is 12.6 Å². The minimum Gasteiger partial charge on any atom is -0.434 e. The van der Waals surface area contributed by atoms with Crippen molar-refractivity contribution < 1.29 is 32.2 Å². The smallest absolute Gasteiger partial charge is 0.323 e. The minimum atomic E-state index is -3.21. The predicted molar refractivity (Wildman–Crippen MR) is 89.2 cm³/mol. The molecule has 28 heavy (non-hydrogen) atoms. The number of aromatic nitrogens is 2. The Kier molecular flexibility index (Phi) is 5.11. The van der Waals surface area contributed by atoms with Crippen LogP contribution in [0.2, 0.25) is 0 Å². The van der Waals surface area contributed by atoms with Crippen molar-refractivity contribution >= 4 is 11.8 Å². The van der Waals surface area contributed by atoms with E-state index in [-0.39, 0.29) is 24.0 Å². The van der Waals surface area contributed by atoms with E-state index in [1.807, 2.05) is 0 Å². The second-order valence-electron chi connectivity index (χ2n) is 6.27. The second-order valence-corrected chi connectivity index (χ2v) is 6.27. The summed E-state index contributed by atoms with van der Waals surface area (Å²) in [6.07, 6.45) is 1.51. The van der Waals surface area contributed by atoms with Crippen LogP contribution in [0.1, 0.15) is 13.3 Å². The van der Waals surface area contributed by atoms with E-state index in [1.54, 1.807) is 6.92 Å². The van der Waals surface area contributed by atoms with E-state index < -0.39 is 42.2 Å². The summed E-state index contributed by atoms with van der Waals surface area (Å²) in [5.41, 5.74) is -2.22. The Bertz CT molecular complexity index is 881. The number of alkyl halides is 2. The number of nitrogens with one attached hydrogen (secondary N) is 1. The SMILES string of the molecule is CCN(C[C@]1(O)CC1(F)F)C(=O)Nc1cnc(Oc2ccc(F)cc2F)cn1. The van der Waals surface area contributed by atoms with Gasteiger partial charge in [-0.05, 0) is 19.1 Å². The molecule has 0 radical (unpaired) electrons. The third kappa shape index (κ3) is 4.14. The molecule has 0 saturated heterocycles. The predicted octanol–water partition coefficient (Wildman–Crippen LogP) is 3.17. The Morgan fingerprint density at radius 3 is 2.57 bits per heavy atom. The highest BCUT2D eigenvalue weighted by atomic mass is 19.3. The molecule has 0 spiro atoms. The maximum absolute atomic E-state index is 13.6. The van der Waals surface area contributed by atoms with Crippen molar-refractivity contribution in [2.75, 3.05) is 18.4 Å². The zero-order valence-electron chi connectivity index (χ0n) is 14.6. The van der Waals surface area contributed by atoms with Crippen LogP contribution in [0.4, 0.5) is 28.2 Å². The van der Waals surface area contributed by atoms with E-state index in [0.717, 1.165) is 29.4 Å². The van der Waals surface area contributed by atoms with E-state index in [4.69, 9.17) is 4.74 Å². The number of carbonyl (C=O) groups is 1. The van der Waals surface area contributed by atoms with E-state index >= 15 is 0 Å². The molecule has 2 amide bonds. The highest BCUT2D eigenvalue weighted by Crippen LogP contribution is 2.52. The largest absolute Gasteiger partial charge is 0.434 e. The zero-order chi connectivity index (χ0) is 20.5. The number of ether oxygens (including phenoxy) is 1. The van der Waals surface area contributed by atoms with Crippen LogP contribution in [0, 0.1) is 11.6 Å². The molecule has 0 bridgehead atoms. The van der Waals surface area contributed by atoms with Gasteiger partial charge in [0.25, 0.3) is 5.92 Å². The topological polar surface area (TPSA) is 87.6 Å². The molecule has 11 heteroatoms. The first kappa shape index (κ1) is 19.8. The molecular weight excluding hydrogens is 384 g/mol. The van der Waals surface area contributed by atoms with Crippen LogP contribution < -0.4 is 10.1 Å². The number of anilines is 1. The van der Waals surface area contributed by atoms with Crippen LogP contribution in [0.15, 0.2) is 30.6 Å². The molecule has 2 aromatic rings. The Morgan fingerprint density at radius 2 is 2.04 bits per heavy atom. The van der Waals surface area contributed by atoms with Gasteiger partial charge in [0.1, 0.15) is 5.82 Å². The van der Waals surface area contributed by atoms with Gasteiger partial charge < -0.3 is 14.7 Å². The lowest BCUT2D eigenvalue weighted by Crippen LogP contribution is -2.43. The monoisotopic (exact) mass is 400 g/mol. The fraction of sp³-hybridized carbons (Fsp3) is 0.353. The molecule has 1 atom stereocenters. The summed E-state index contributed by atoms with van der Waals surface area (Å²) in [7, 11) is 0. The number of halogens is 4. The number of urea groups is 1. The van der Waals surface area contributed by atoms with Gasteiger partial charge in [-0.1, -0.05) is 0 Å². The number of likely N-dealkylation sites (N-methyl/N-ethyl adjacent to an activating group) is 1. The van der Waals surface area contributed by atoms with Crippen LogP contribution >= 0.6 is 0 Å². The Balaban J connectivity index is 1.61. The van der Waals surface area contributed by atoms with Gasteiger partial charge in [-0.2, -0.15) is 0 Å². The van der Waals surface area contributed by atoms with Gasteiger partial charge in [0.05, 0.1) is 25.4 Å². The van der Waals surface area contributed by atoms with Crippen LogP contribution in [0.5, 0.6) is 11.6 Å². The minimum absolute atomic E-state index is 0.00933. The van der Waals surface area contributed by atoms with Gasteiger partial charge in [-0.15, -0.1) is 0 Å². The number of benzene rings is 1. The molecule has 1 aromatic heterocycles. The average Bonchev–Trinajstić information content (AvgIpc) is 3.14. The first-order valence-corrected chi connectivity index (χ1v) is 8.24. The summed E-state index contributed by atoms with van der Waals surface area (Å²) < 4.78 is 57.9. The summed E-state index contributed by atoms with van der Waals surface area (Å²) in [6.45, 7) is 1.13. The summed E-state index contributed by atoms with van der Waals surface area (Å²) in [4.78, 5) is 20.9. The fourth-order valence-corrected chi connectivity index (χ4v) is 2.43. The van der Waals surface area contributed by atoms with Gasteiger partial charge in [0.2, 0.25) is 5.88 Å². The molecule has 0 aliphatic heterocycles. The summed E-state index contributed by atoms with van der Waals surface area (Å²) in [6, 6.07) is 2.00. The van der Waals surface area contributed by atoms with Crippen molar-refractivity contribution in [2.24, 2.45) is 0 Å². The summed E-state index contributed by atoms with van der Waals surface area (Å²) in [5, 5.41) is 12.1. The number of rotatable bonds is 6. The van der Waals surface area contributed by atoms with Crippen molar-refractivity contribution in [3.05, 3.63) is 42.2 Å². The van der Waals surface area contributed by atoms with E-state index in [2.05, 4.69) is 15.3 Å². The lowest BCUT2D eigenvalue weighted by atomic mass is 10.3. The summed E-state index contributed by atoms with van der Waals surface area (Å²) in [5.74, 6) is -5.28. The Morgan fingerprint density at radius 1 is 1.32 bits per heavy atom. The molecule has 0 unspecified atom stereocenters. The molecular formula is C17H16F4N4O3. The first-order valence-electron chi connectivity index (χ1n) is 8.24. The molecule has 7 nitrogen and oxygen atoms in total. The highest BCUT2D eigenvalue weighted by Gasteiger charge is 2.71. The van der Waals surface area contributed by atoms with Crippen LogP contribution in [-0.4, -0.2) is 50.6 Å². The molecule has 2 N–H and O–H groups in total. The van der Waals surface area contributed by atoms with E-state index in [9.17, 15) is 27.5 Å². The third-order valence-corrected chi connectivity index (χ3v) is 4.16. The van der Waals surface area contributed by atoms with Gasteiger partial charge >= 0.3 is 6.03 Å². The zero-order valence-corrected chi connectivity index (χ0v) is 14.6. The molecule has 1 aliphatic rings. The third-order valence-electron chi connectivity index (χ3n) is 4.16. The van der Waals surface area contributed by atoms with E-state index in [1.165, 1.54) is 0 Å². The van der Waals surface area contributed by atoms with Gasteiger partial charge in [-0.25, -0.2) is 32.3 Å². The lowest BCUT2D eigenvalue weighted by Gasteiger charge is -2.24. The standard InChI is InChI=1S/C17H16F4N4O3/c1-2-25(9-16(27)8-17(16,20)21)15(26)24-13-6-23-14(7-22-13)28-12-4-3-10(18)5-11(12)19/h3-7,27H,2,8-9H2,1H3,(H,22,24,26)/t16-/m1/s1. The first-order chi connectivity index (χ1) is 13.1. The van der Waals surface area contributed by atoms with Crippen LogP contribution in [0.25, 0.3) is 0 Å². The maximum Gasteiger partial charge on any atom is 0.323 e. The molecule has 150 valence electrons. The molecule has 1 aromatic carbocycles. The van der Waals surface area contributed by atoms with E-state index in [0.29, 0.717) is 6.07 Å². The molecule has 3 rings (SSSR count). The van der Waals surface area contributed by atoms with Gasteiger partial charge in [0.15, 0.2) is 23.0 Å². The quantitative estimate of drug-likeness (QED) is 0.728. The number of nitrogens with zero attached hydrogens (tertiary/aromatic N) is 3. The lowest BCUT2D eigenvalue weighted by molar-refractivity contribution is -0.0162. The number of aliphatic hydroxyl groups is 1. The number of hydrogen-bond acceptors (Lipinski definition) is 5. The maximum atomic E-state index is 13.6. The van der Waals surface area contributed by atoms with Crippen molar-refractivity contribution in [3.8, 4) is 11.6 Å².